The Balaban J connectivity index is 1.34. The number of carbonyl (C=O) groups excluding carboxylic acids is 2. The van der Waals surface area contributed by atoms with Gasteiger partial charge in [0.15, 0.2) is 5.82 Å². The van der Waals surface area contributed by atoms with Crippen molar-refractivity contribution in [2.24, 2.45) is 0 Å². The van der Waals surface area contributed by atoms with Crippen LogP contribution in [-0.4, -0.2) is 44.5 Å². The summed E-state index contributed by atoms with van der Waals surface area (Å²) in [7, 11) is 0. The number of carbonyl (C=O) groups is 2. The van der Waals surface area contributed by atoms with E-state index in [9.17, 15) is 9.59 Å². The zero-order chi connectivity index (χ0) is 30.4. The number of amides is 2. The molecule has 43 heavy (non-hydrogen) atoms. The first-order valence-corrected chi connectivity index (χ1v) is 16.0. The number of imidazole rings is 1. The molecule has 8 nitrogen and oxygen atoms in total. The number of unbranched alkanes of at least 4 members (excludes halogenated alkanes) is 10. The predicted octanol–water partition coefficient (Wildman–Crippen LogP) is 6.77. The fraction of sp³-hybridized carbons (Fsp3) is 0.457. The van der Waals surface area contributed by atoms with Crippen LogP contribution < -0.4 is 16.0 Å². The van der Waals surface area contributed by atoms with Gasteiger partial charge >= 0.3 is 0 Å². The number of fused-ring (bicyclic) bond motifs is 1. The second kappa shape index (κ2) is 16.5. The maximum Gasteiger partial charge on any atom is 0.253 e. The van der Waals surface area contributed by atoms with Crippen LogP contribution in [0.5, 0.6) is 0 Å². The van der Waals surface area contributed by atoms with E-state index in [2.05, 4.69) is 46.1 Å². The summed E-state index contributed by atoms with van der Waals surface area (Å²) in [5.41, 5.74) is 3.44. The molecule has 2 aromatic carbocycles. The average Bonchev–Trinajstić information content (AvgIpc) is 3.59. The number of aromatic nitrogens is 4. The molecule has 4 aromatic rings. The number of benzene rings is 2. The smallest absolute Gasteiger partial charge is 0.253 e. The molecular formula is C35H46N6O2. The molecule has 0 saturated carbocycles. The third-order valence-corrected chi connectivity index (χ3v) is 7.77. The highest BCUT2D eigenvalue weighted by molar-refractivity contribution is 5.95. The number of hydrogen-bond donors (Lipinski definition) is 2. The van der Waals surface area contributed by atoms with Crippen molar-refractivity contribution >= 4 is 24.2 Å². The van der Waals surface area contributed by atoms with Crippen LogP contribution in [0.2, 0.25) is 0 Å². The van der Waals surface area contributed by atoms with Crippen molar-refractivity contribution in [2.45, 2.75) is 90.9 Å². The highest BCUT2D eigenvalue weighted by atomic mass is 16.2. The van der Waals surface area contributed by atoms with Gasteiger partial charge in [-0.15, -0.1) is 5.10 Å². The van der Waals surface area contributed by atoms with Gasteiger partial charge in [0, 0.05) is 35.3 Å². The maximum absolute atomic E-state index is 12.7. The van der Waals surface area contributed by atoms with Gasteiger partial charge < -0.3 is 10.6 Å². The molecule has 0 radical (unpaired) electrons. The van der Waals surface area contributed by atoms with Gasteiger partial charge in [0.2, 0.25) is 0 Å². The Morgan fingerprint density at radius 2 is 1.28 bits per heavy atom. The van der Waals surface area contributed by atoms with Crippen LogP contribution in [0.4, 0.5) is 0 Å². The molecule has 2 heterocycles. The van der Waals surface area contributed by atoms with Crippen LogP contribution in [0.3, 0.4) is 0 Å². The van der Waals surface area contributed by atoms with Crippen molar-refractivity contribution in [1.82, 2.24) is 30.2 Å². The lowest BCUT2D eigenvalue weighted by atomic mass is 10.1. The molecule has 0 aliphatic heterocycles. The van der Waals surface area contributed by atoms with Gasteiger partial charge in [-0.3, -0.25) is 9.59 Å². The number of nitrogens with zero attached hydrogens (tertiary/aromatic N) is 4. The van der Waals surface area contributed by atoms with E-state index in [1.807, 2.05) is 36.4 Å². The van der Waals surface area contributed by atoms with E-state index in [1.54, 1.807) is 16.6 Å². The zero-order valence-corrected chi connectivity index (χ0v) is 25.8. The van der Waals surface area contributed by atoms with E-state index >= 15 is 0 Å². The Morgan fingerprint density at radius 1 is 0.698 bits per heavy atom. The van der Waals surface area contributed by atoms with Gasteiger partial charge in [-0.1, -0.05) is 109 Å². The van der Waals surface area contributed by atoms with Gasteiger partial charge in [0.05, 0.1) is 11.0 Å². The SMILES string of the molecule is C=c1c(-c2cccc(C(=O)NCCCCCCCC)c2)nc2nc(-c3ccc(C(=O)NCCCCCCCC)cc3)nn12. The van der Waals surface area contributed by atoms with Crippen molar-refractivity contribution in [3.05, 3.63) is 65.0 Å². The minimum atomic E-state index is -0.0858. The van der Waals surface area contributed by atoms with E-state index in [0.717, 1.165) is 36.8 Å². The summed E-state index contributed by atoms with van der Waals surface area (Å²) >= 11 is 0. The predicted molar refractivity (Wildman–Crippen MR) is 174 cm³/mol. The van der Waals surface area contributed by atoms with Crippen molar-refractivity contribution in [3.8, 4) is 22.6 Å². The second-order valence-corrected chi connectivity index (χ2v) is 11.3. The lowest BCUT2D eigenvalue weighted by molar-refractivity contribution is 0.0944. The molecule has 228 valence electrons. The minimum Gasteiger partial charge on any atom is -0.352 e. The van der Waals surface area contributed by atoms with Gasteiger partial charge in [0.25, 0.3) is 17.6 Å². The molecule has 2 aromatic heterocycles. The Morgan fingerprint density at radius 3 is 1.88 bits per heavy atom. The second-order valence-electron chi connectivity index (χ2n) is 11.3. The molecule has 2 amide bonds. The first kappa shape index (κ1) is 31.9. The molecule has 0 atom stereocenters. The summed E-state index contributed by atoms with van der Waals surface area (Å²) in [6, 6.07) is 14.7. The largest absolute Gasteiger partial charge is 0.352 e. The third-order valence-electron chi connectivity index (χ3n) is 7.77. The quantitative estimate of drug-likeness (QED) is 0.126. The van der Waals surface area contributed by atoms with Gasteiger partial charge in [0.1, 0.15) is 0 Å². The summed E-state index contributed by atoms with van der Waals surface area (Å²) in [4.78, 5) is 34.6. The molecule has 0 aliphatic rings. The minimum absolute atomic E-state index is 0.0682. The van der Waals surface area contributed by atoms with Crippen LogP contribution >= 0.6 is 0 Å². The molecule has 2 N–H and O–H groups in total. The molecule has 0 spiro atoms. The standard InChI is InChI=1S/C35H46N6O2/c1-4-6-8-10-12-14-23-36-33(42)28-21-19-27(20-22-28)32-39-35-38-31(26(3)41(35)40-32)29-17-16-18-30(25-29)34(43)37-24-15-13-11-9-7-5-2/h16-22,25H,3-15,23-24H2,1-2H3,(H,36,42)(H,37,43). The van der Waals surface area contributed by atoms with Gasteiger partial charge in [-0.25, -0.2) is 4.98 Å². The van der Waals surface area contributed by atoms with Gasteiger partial charge in [-0.2, -0.15) is 9.50 Å². The maximum atomic E-state index is 12.7. The van der Waals surface area contributed by atoms with Crippen LogP contribution in [0.15, 0.2) is 48.5 Å². The van der Waals surface area contributed by atoms with Crippen LogP contribution in [0, 0.1) is 0 Å². The molecule has 8 heteroatoms. The fourth-order valence-corrected chi connectivity index (χ4v) is 5.17. The Bertz CT molecular complexity index is 1510. The highest BCUT2D eigenvalue weighted by Crippen LogP contribution is 2.20. The first-order valence-electron chi connectivity index (χ1n) is 16.0. The molecular weight excluding hydrogens is 536 g/mol. The topological polar surface area (TPSA) is 101 Å². The zero-order valence-electron chi connectivity index (χ0n) is 25.8. The summed E-state index contributed by atoms with van der Waals surface area (Å²) in [6.07, 6.45) is 14.3. The monoisotopic (exact) mass is 582 g/mol. The summed E-state index contributed by atoms with van der Waals surface area (Å²) in [5, 5.41) is 11.3. The molecule has 0 fully saturated rings. The summed E-state index contributed by atoms with van der Waals surface area (Å²) in [5.74, 6) is 0.799. The number of nitrogens with one attached hydrogen (secondary N) is 2. The Hall–Kier alpha value is -4.07. The van der Waals surface area contributed by atoms with Crippen LogP contribution in [0.1, 0.15) is 112 Å². The fourth-order valence-electron chi connectivity index (χ4n) is 5.17. The molecule has 0 unspecified atom stereocenters. The van der Waals surface area contributed by atoms with Crippen LogP contribution in [0.25, 0.3) is 35.0 Å². The van der Waals surface area contributed by atoms with Crippen molar-refractivity contribution < 1.29 is 9.59 Å². The van der Waals surface area contributed by atoms with E-state index in [4.69, 9.17) is 0 Å². The number of hydrogen-bond acceptors (Lipinski definition) is 5. The Labute approximate surface area is 255 Å². The number of rotatable bonds is 18. The van der Waals surface area contributed by atoms with E-state index in [1.165, 1.54) is 51.4 Å². The van der Waals surface area contributed by atoms with Crippen molar-refractivity contribution in [2.75, 3.05) is 13.1 Å². The summed E-state index contributed by atoms with van der Waals surface area (Å²) < 4.78 is 1.62. The average molecular weight is 583 g/mol. The third kappa shape index (κ3) is 8.96. The van der Waals surface area contributed by atoms with Crippen molar-refractivity contribution in [3.63, 3.8) is 0 Å². The first-order chi connectivity index (χ1) is 21.0. The van der Waals surface area contributed by atoms with E-state index in [-0.39, 0.29) is 11.8 Å². The lowest BCUT2D eigenvalue weighted by Crippen LogP contribution is -2.24. The van der Waals surface area contributed by atoms with E-state index < -0.39 is 0 Å². The van der Waals surface area contributed by atoms with Gasteiger partial charge in [-0.05, 0) is 37.1 Å². The molecule has 0 aliphatic carbocycles. The molecule has 0 saturated heterocycles. The van der Waals surface area contributed by atoms with Crippen LogP contribution in [-0.2, 0) is 0 Å². The lowest BCUT2D eigenvalue weighted by Gasteiger charge is -2.06. The normalized spacial score (nSPS) is 11.2. The molecule has 4 rings (SSSR count). The Kier molecular flexibility index (Phi) is 12.3. The van der Waals surface area contributed by atoms with Crippen molar-refractivity contribution in [1.29, 1.82) is 0 Å². The molecule has 0 bridgehead atoms. The van der Waals surface area contributed by atoms with E-state index in [0.29, 0.717) is 46.9 Å². The highest BCUT2D eigenvalue weighted by Gasteiger charge is 2.16. The summed E-state index contributed by atoms with van der Waals surface area (Å²) in [6.45, 7) is 9.99.